The Hall–Kier alpha value is -1.63. The number of nitrogens with zero attached hydrogens (tertiary/aromatic N) is 1. The Morgan fingerprint density at radius 1 is 1.52 bits per heavy atom. The number of nitrogens with one attached hydrogen (secondary N) is 1. The molecule has 0 saturated carbocycles. The lowest BCUT2D eigenvalue weighted by molar-refractivity contribution is -0.142. The van der Waals surface area contributed by atoms with Gasteiger partial charge in [0.15, 0.2) is 0 Å². The zero-order valence-electron chi connectivity index (χ0n) is 13.3. The standard InChI is InChI=1S/C16H21ClN2O4/c1-11(16(21)18-9-15(20)22-2)19-6-7-23-14(10-19)12-4-3-5-13(17)8-12/h3-5,8,11,14H,6-7,9-10H2,1-2H3,(H,18,21)/t11-,14+/m0/s1. The maximum absolute atomic E-state index is 12.1. The summed E-state index contributed by atoms with van der Waals surface area (Å²) in [5, 5.41) is 3.24. The van der Waals surface area contributed by atoms with E-state index >= 15 is 0 Å². The van der Waals surface area contributed by atoms with Crippen LogP contribution in [0.3, 0.4) is 0 Å². The number of hydrogen-bond acceptors (Lipinski definition) is 5. The molecular weight excluding hydrogens is 320 g/mol. The molecule has 1 heterocycles. The Morgan fingerprint density at radius 2 is 2.30 bits per heavy atom. The fraction of sp³-hybridized carbons (Fsp3) is 0.500. The minimum atomic E-state index is -0.468. The van der Waals surface area contributed by atoms with Gasteiger partial charge in [-0.1, -0.05) is 23.7 Å². The van der Waals surface area contributed by atoms with Crippen molar-refractivity contribution < 1.29 is 19.1 Å². The monoisotopic (exact) mass is 340 g/mol. The summed E-state index contributed by atoms with van der Waals surface area (Å²) in [6, 6.07) is 7.17. The van der Waals surface area contributed by atoms with Crippen molar-refractivity contribution in [1.29, 1.82) is 0 Å². The van der Waals surface area contributed by atoms with Crippen LogP contribution in [-0.2, 0) is 19.1 Å². The molecule has 1 aromatic carbocycles. The molecule has 23 heavy (non-hydrogen) atoms. The van der Waals surface area contributed by atoms with E-state index in [0.717, 1.165) is 5.56 Å². The second kappa shape index (κ2) is 8.29. The van der Waals surface area contributed by atoms with E-state index in [2.05, 4.69) is 10.1 Å². The van der Waals surface area contributed by atoms with Gasteiger partial charge in [-0.2, -0.15) is 0 Å². The summed E-state index contributed by atoms with van der Waals surface area (Å²) in [5.74, 6) is -0.675. The predicted molar refractivity (Wildman–Crippen MR) is 86.2 cm³/mol. The van der Waals surface area contributed by atoms with Crippen molar-refractivity contribution >= 4 is 23.5 Å². The van der Waals surface area contributed by atoms with Gasteiger partial charge in [-0.25, -0.2) is 0 Å². The van der Waals surface area contributed by atoms with Gasteiger partial charge in [0.1, 0.15) is 6.54 Å². The Labute approximate surface area is 140 Å². The molecule has 0 radical (unpaired) electrons. The number of carbonyl (C=O) groups excluding carboxylic acids is 2. The van der Waals surface area contributed by atoms with Crippen LogP contribution in [0.15, 0.2) is 24.3 Å². The van der Waals surface area contributed by atoms with E-state index in [1.165, 1.54) is 7.11 Å². The van der Waals surface area contributed by atoms with Crippen molar-refractivity contribution in [3.63, 3.8) is 0 Å². The molecule has 1 fully saturated rings. The summed E-state index contributed by atoms with van der Waals surface area (Å²) in [6.45, 7) is 3.47. The molecule has 1 aliphatic rings. The highest BCUT2D eigenvalue weighted by Crippen LogP contribution is 2.25. The molecule has 1 amide bonds. The molecule has 1 aromatic rings. The molecule has 1 N–H and O–H groups in total. The van der Waals surface area contributed by atoms with Crippen molar-refractivity contribution in [3.8, 4) is 0 Å². The van der Waals surface area contributed by atoms with E-state index in [4.69, 9.17) is 16.3 Å². The number of esters is 1. The first-order chi connectivity index (χ1) is 11.0. The molecule has 0 aromatic heterocycles. The largest absolute Gasteiger partial charge is 0.468 e. The summed E-state index contributed by atoms with van der Waals surface area (Å²) in [6.07, 6.45) is -0.127. The molecule has 2 rings (SSSR count). The van der Waals surface area contributed by atoms with E-state index in [-0.39, 0.29) is 24.6 Å². The Morgan fingerprint density at radius 3 is 3.00 bits per heavy atom. The van der Waals surface area contributed by atoms with Gasteiger partial charge in [0, 0.05) is 18.1 Å². The first-order valence-electron chi connectivity index (χ1n) is 7.47. The van der Waals surface area contributed by atoms with Crippen molar-refractivity contribution in [2.24, 2.45) is 0 Å². The zero-order valence-corrected chi connectivity index (χ0v) is 14.0. The van der Waals surface area contributed by atoms with E-state index in [0.29, 0.717) is 24.7 Å². The SMILES string of the molecule is COC(=O)CNC(=O)[C@H](C)N1CCO[C@@H](c2cccc(Cl)c2)C1. The smallest absolute Gasteiger partial charge is 0.325 e. The molecule has 0 unspecified atom stereocenters. The van der Waals surface area contributed by atoms with Gasteiger partial charge in [-0.05, 0) is 24.6 Å². The number of rotatable bonds is 5. The Bertz CT molecular complexity index is 567. The van der Waals surface area contributed by atoms with E-state index in [1.807, 2.05) is 36.1 Å². The molecule has 126 valence electrons. The highest BCUT2D eigenvalue weighted by atomic mass is 35.5. The minimum Gasteiger partial charge on any atom is -0.468 e. The maximum atomic E-state index is 12.1. The zero-order chi connectivity index (χ0) is 16.8. The van der Waals surface area contributed by atoms with E-state index in [1.54, 1.807) is 0 Å². The summed E-state index contributed by atoms with van der Waals surface area (Å²) < 4.78 is 10.3. The molecule has 1 aliphatic heterocycles. The maximum Gasteiger partial charge on any atom is 0.325 e. The first-order valence-corrected chi connectivity index (χ1v) is 7.84. The average molecular weight is 341 g/mol. The third-order valence-corrected chi connectivity index (χ3v) is 4.12. The van der Waals surface area contributed by atoms with Gasteiger partial charge in [0.05, 0.1) is 25.9 Å². The number of morpholine rings is 1. The molecule has 1 saturated heterocycles. The number of hydrogen-bond donors (Lipinski definition) is 1. The first kappa shape index (κ1) is 17.7. The summed E-state index contributed by atoms with van der Waals surface area (Å²) >= 11 is 6.02. The lowest BCUT2D eigenvalue weighted by Gasteiger charge is -2.36. The van der Waals surface area contributed by atoms with Crippen molar-refractivity contribution in [2.45, 2.75) is 19.1 Å². The van der Waals surface area contributed by atoms with Crippen LogP contribution in [0.5, 0.6) is 0 Å². The Kier molecular flexibility index (Phi) is 6.38. The molecule has 6 nitrogen and oxygen atoms in total. The molecule has 2 atom stereocenters. The van der Waals surface area contributed by atoms with Crippen LogP contribution >= 0.6 is 11.6 Å². The fourth-order valence-electron chi connectivity index (χ4n) is 2.47. The van der Waals surface area contributed by atoms with Gasteiger partial charge < -0.3 is 14.8 Å². The number of benzene rings is 1. The van der Waals surface area contributed by atoms with Gasteiger partial charge in [-0.15, -0.1) is 0 Å². The summed E-state index contributed by atoms with van der Waals surface area (Å²) in [5.41, 5.74) is 0.990. The lowest BCUT2D eigenvalue weighted by Crippen LogP contribution is -2.51. The van der Waals surface area contributed by atoms with Crippen LogP contribution < -0.4 is 5.32 Å². The van der Waals surface area contributed by atoms with E-state index < -0.39 is 5.97 Å². The third kappa shape index (κ3) is 4.92. The number of carbonyl (C=O) groups is 2. The van der Waals surface area contributed by atoms with Gasteiger partial charge >= 0.3 is 5.97 Å². The van der Waals surface area contributed by atoms with Crippen LogP contribution in [0.1, 0.15) is 18.6 Å². The number of halogens is 1. The highest BCUT2D eigenvalue weighted by molar-refractivity contribution is 6.30. The predicted octanol–water partition coefficient (Wildman–Crippen LogP) is 1.39. The van der Waals surface area contributed by atoms with Gasteiger partial charge in [-0.3, -0.25) is 14.5 Å². The summed E-state index contributed by atoms with van der Waals surface area (Å²) in [7, 11) is 1.29. The molecule has 7 heteroatoms. The van der Waals surface area contributed by atoms with Crippen LogP contribution in [0, 0.1) is 0 Å². The van der Waals surface area contributed by atoms with Gasteiger partial charge in [0.2, 0.25) is 5.91 Å². The molecular formula is C16H21ClN2O4. The quantitative estimate of drug-likeness (QED) is 0.820. The average Bonchev–Trinajstić information content (AvgIpc) is 2.58. The number of amides is 1. The normalized spacial score (nSPS) is 19.9. The Balaban J connectivity index is 1.94. The van der Waals surface area contributed by atoms with Crippen LogP contribution in [0.4, 0.5) is 0 Å². The second-order valence-electron chi connectivity index (χ2n) is 5.38. The molecule has 0 spiro atoms. The second-order valence-corrected chi connectivity index (χ2v) is 5.82. The topological polar surface area (TPSA) is 67.9 Å². The van der Waals surface area contributed by atoms with Crippen LogP contribution in [-0.4, -0.2) is 56.2 Å². The lowest BCUT2D eigenvalue weighted by atomic mass is 10.1. The van der Waals surface area contributed by atoms with Crippen LogP contribution in [0.2, 0.25) is 5.02 Å². The van der Waals surface area contributed by atoms with Crippen LogP contribution in [0.25, 0.3) is 0 Å². The molecule has 0 aliphatic carbocycles. The van der Waals surface area contributed by atoms with Crippen molar-refractivity contribution in [1.82, 2.24) is 10.2 Å². The van der Waals surface area contributed by atoms with Gasteiger partial charge in [0.25, 0.3) is 0 Å². The summed E-state index contributed by atoms with van der Waals surface area (Å²) in [4.78, 5) is 25.3. The van der Waals surface area contributed by atoms with Crippen molar-refractivity contribution in [2.75, 3.05) is 33.4 Å². The molecule has 0 bridgehead atoms. The van der Waals surface area contributed by atoms with Crippen molar-refractivity contribution in [3.05, 3.63) is 34.9 Å². The van der Waals surface area contributed by atoms with E-state index in [9.17, 15) is 9.59 Å². The number of ether oxygens (including phenoxy) is 2. The fourth-order valence-corrected chi connectivity index (χ4v) is 2.67. The number of methoxy groups -OCH3 is 1. The highest BCUT2D eigenvalue weighted by Gasteiger charge is 2.28. The third-order valence-electron chi connectivity index (χ3n) is 3.88. The minimum absolute atomic E-state index is 0.123.